The van der Waals surface area contributed by atoms with Crippen molar-refractivity contribution in [3.63, 3.8) is 0 Å². The number of amides is 1. The molecule has 1 amide bonds. The molecule has 0 aromatic carbocycles. The summed E-state index contributed by atoms with van der Waals surface area (Å²) in [5.74, 6) is 4.41. The first-order chi connectivity index (χ1) is 12.2. The van der Waals surface area contributed by atoms with Gasteiger partial charge in [-0.2, -0.15) is 0 Å². The Morgan fingerprint density at radius 2 is 2.24 bits per heavy atom. The minimum atomic E-state index is 0.357. The van der Waals surface area contributed by atoms with Crippen molar-refractivity contribution < 1.29 is 4.79 Å². The fraction of sp³-hybridized carbons (Fsp3) is 0.800. The Labute approximate surface area is 154 Å². The number of thiazole rings is 1. The van der Waals surface area contributed by atoms with Crippen LogP contribution in [0.3, 0.4) is 0 Å². The summed E-state index contributed by atoms with van der Waals surface area (Å²) in [6.07, 6.45) is 8.17. The summed E-state index contributed by atoms with van der Waals surface area (Å²) in [5.41, 5.74) is 1.91. The van der Waals surface area contributed by atoms with Gasteiger partial charge < -0.3 is 4.90 Å². The molecule has 1 aliphatic heterocycles. The van der Waals surface area contributed by atoms with Gasteiger partial charge in [-0.05, 0) is 55.8 Å². The number of hydrogen-bond donors (Lipinski definition) is 0. The maximum absolute atomic E-state index is 13.4. The zero-order valence-corrected chi connectivity index (χ0v) is 16.0. The van der Waals surface area contributed by atoms with Crippen LogP contribution in [0.5, 0.6) is 0 Å². The molecule has 4 fully saturated rings. The molecule has 5 heteroatoms. The maximum atomic E-state index is 13.4. The summed E-state index contributed by atoms with van der Waals surface area (Å²) < 4.78 is 0. The van der Waals surface area contributed by atoms with E-state index in [0.29, 0.717) is 17.9 Å². The Hall–Kier alpha value is -0.940. The molecule has 136 valence electrons. The second kappa shape index (κ2) is 6.34. The van der Waals surface area contributed by atoms with E-state index in [1.807, 2.05) is 11.7 Å². The molecule has 2 bridgehead atoms. The van der Waals surface area contributed by atoms with Gasteiger partial charge in [-0.1, -0.05) is 6.92 Å². The van der Waals surface area contributed by atoms with E-state index in [4.69, 9.17) is 0 Å². The van der Waals surface area contributed by atoms with E-state index in [1.165, 1.54) is 24.1 Å². The second-order valence-electron chi connectivity index (χ2n) is 8.74. The van der Waals surface area contributed by atoms with Crippen molar-refractivity contribution in [1.82, 2.24) is 14.8 Å². The Morgan fingerprint density at radius 3 is 2.96 bits per heavy atom. The van der Waals surface area contributed by atoms with Gasteiger partial charge in [0.15, 0.2) is 0 Å². The average molecular weight is 360 g/mol. The third-order valence-electron chi connectivity index (χ3n) is 7.31. The van der Waals surface area contributed by atoms with E-state index in [-0.39, 0.29) is 0 Å². The minimum Gasteiger partial charge on any atom is -0.338 e. The fourth-order valence-corrected chi connectivity index (χ4v) is 6.80. The molecule has 2 heterocycles. The first-order valence-corrected chi connectivity index (χ1v) is 11.0. The van der Waals surface area contributed by atoms with Crippen LogP contribution in [0.2, 0.25) is 0 Å². The molecule has 6 unspecified atom stereocenters. The second-order valence-corrected chi connectivity index (χ2v) is 9.71. The van der Waals surface area contributed by atoms with E-state index >= 15 is 0 Å². The van der Waals surface area contributed by atoms with Crippen molar-refractivity contribution in [2.45, 2.75) is 51.6 Å². The Morgan fingerprint density at radius 1 is 1.32 bits per heavy atom. The monoisotopic (exact) mass is 359 g/mol. The molecular formula is C20H29N3OS. The largest absolute Gasteiger partial charge is 0.338 e. The first-order valence-electron chi connectivity index (χ1n) is 10.1. The third kappa shape index (κ3) is 2.84. The number of aromatic nitrogens is 1. The molecule has 6 atom stereocenters. The molecule has 1 aromatic rings. The molecule has 3 aliphatic carbocycles. The van der Waals surface area contributed by atoms with Crippen molar-refractivity contribution in [1.29, 1.82) is 0 Å². The highest BCUT2D eigenvalue weighted by molar-refractivity contribution is 7.09. The van der Waals surface area contributed by atoms with Crippen molar-refractivity contribution in [2.75, 3.05) is 19.6 Å². The normalized spacial score (nSPS) is 38.9. The summed E-state index contributed by atoms with van der Waals surface area (Å²) in [5, 5.41) is 0. The smallest absolute Gasteiger partial charge is 0.226 e. The van der Waals surface area contributed by atoms with E-state index in [0.717, 1.165) is 62.7 Å². The predicted octanol–water partition coefficient (Wildman–Crippen LogP) is 3.25. The zero-order chi connectivity index (χ0) is 17.0. The maximum Gasteiger partial charge on any atom is 0.226 e. The molecule has 4 aliphatic rings. The van der Waals surface area contributed by atoms with Gasteiger partial charge in [-0.25, -0.2) is 0 Å². The Bertz CT molecular complexity index is 633. The number of nitrogens with zero attached hydrogens (tertiary/aromatic N) is 3. The van der Waals surface area contributed by atoms with Crippen LogP contribution in [0.1, 0.15) is 43.9 Å². The lowest BCUT2D eigenvalue weighted by atomic mass is 9.87. The number of likely N-dealkylation sites (tertiary alicyclic amines) is 1. The molecule has 0 spiro atoms. The highest BCUT2D eigenvalue weighted by atomic mass is 32.1. The number of rotatable bonds is 6. The molecule has 4 nitrogen and oxygen atoms in total. The molecule has 25 heavy (non-hydrogen) atoms. The number of carbonyl (C=O) groups is 1. The lowest BCUT2D eigenvalue weighted by Gasteiger charge is -2.34. The van der Waals surface area contributed by atoms with Crippen LogP contribution >= 0.6 is 11.3 Å². The standard InChI is InChI=1S/C20H29N3OS/c1-2-4-23(14-3-5-22(10-14)11-15-9-21-12-25-15)20(24)19-7-13-6-17(19)18-8-16(13)18/h9,12-14,16-19H,2-8,10-11H2,1H3. The van der Waals surface area contributed by atoms with E-state index in [1.54, 1.807) is 11.3 Å². The van der Waals surface area contributed by atoms with Crippen molar-refractivity contribution in [2.24, 2.45) is 29.6 Å². The number of fused-ring (bicyclic) bond motifs is 5. The third-order valence-corrected chi connectivity index (χ3v) is 8.08. The molecule has 5 rings (SSSR count). The van der Waals surface area contributed by atoms with E-state index in [9.17, 15) is 4.79 Å². The highest BCUT2D eigenvalue weighted by Gasteiger charge is 2.62. The quantitative estimate of drug-likeness (QED) is 0.782. The summed E-state index contributed by atoms with van der Waals surface area (Å²) in [7, 11) is 0. The lowest BCUT2D eigenvalue weighted by molar-refractivity contribution is -0.139. The van der Waals surface area contributed by atoms with Gasteiger partial charge >= 0.3 is 0 Å². The van der Waals surface area contributed by atoms with Gasteiger partial charge in [-0.15, -0.1) is 11.3 Å². The van der Waals surface area contributed by atoms with Crippen LogP contribution in [-0.2, 0) is 11.3 Å². The van der Waals surface area contributed by atoms with Gasteiger partial charge in [0.2, 0.25) is 5.91 Å². The summed E-state index contributed by atoms with van der Waals surface area (Å²) >= 11 is 1.74. The Kier molecular flexibility index (Phi) is 4.12. The van der Waals surface area contributed by atoms with Crippen LogP contribution in [0.25, 0.3) is 0 Å². The van der Waals surface area contributed by atoms with E-state index in [2.05, 4.69) is 21.7 Å². The topological polar surface area (TPSA) is 36.4 Å². The van der Waals surface area contributed by atoms with Crippen LogP contribution in [-0.4, -0.2) is 46.4 Å². The summed E-state index contributed by atoms with van der Waals surface area (Å²) in [6.45, 7) is 6.29. The predicted molar refractivity (Wildman–Crippen MR) is 99.1 cm³/mol. The van der Waals surface area contributed by atoms with Gasteiger partial charge in [0.25, 0.3) is 0 Å². The Balaban J connectivity index is 1.24. The van der Waals surface area contributed by atoms with Crippen molar-refractivity contribution in [3.8, 4) is 0 Å². The van der Waals surface area contributed by atoms with Crippen LogP contribution in [0, 0.1) is 29.6 Å². The zero-order valence-electron chi connectivity index (χ0n) is 15.1. The number of carbonyl (C=O) groups excluding carboxylic acids is 1. The summed E-state index contributed by atoms with van der Waals surface area (Å²) in [6, 6.07) is 0.425. The molecule has 0 N–H and O–H groups in total. The van der Waals surface area contributed by atoms with Crippen LogP contribution in [0.4, 0.5) is 0 Å². The average Bonchev–Trinajstić information content (AvgIpc) is 3.06. The molecule has 0 radical (unpaired) electrons. The molecular weight excluding hydrogens is 330 g/mol. The molecule has 1 aromatic heterocycles. The molecule has 3 saturated carbocycles. The van der Waals surface area contributed by atoms with Crippen molar-refractivity contribution >= 4 is 17.2 Å². The minimum absolute atomic E-state index is 0.357. The van der Waals surface area contributed by atoms with E-state index < -0.39 is 0 Å². The highest BCUT2D eigenvalue weighted by Crippen LogP contribution is 2.67. The van der Waals surface area contributed by atoms with Crippen LogP contribution < -0.4 is 0 Å². The fourth-order valence-electron chi connectivity index (χ4n) is 6.17. The first kappa shape index (κ1) is 16.2. The van der Waals surface area contributed by atoms with Crippen molar-refractivity contribution in [3.05, 3.63) is 16.6 Å². The molecule has 1 saturated heterocycles. The van der Waals surface area contributed by atoms with Gasteiger partial charge in [0, 0.05) is 49.2 Å². The van der Waals surface area contributed by atoms with Gasteiger partial charge in [-0.3, -0.25) is 14.7 Å². The van der Waals surface area contributed by atoms with Gasteiger partial charge in [0.1, 0.15) is 0 Å². The van der Waals surface area contributed by atoms with Gasteiger partial charge in [0.05, 0.1) is 5.51 Å². The van der Waals surface area contributed by atoms with Crippen LogP contribution in [0.15, 0.2) is 11.7 Å². The lowest BCUT2D eigenvalue weighted by Crippen LogP contribution is -2.46. The SMILES string of the molecule is CCCN(C(=O)C1CC2CC1C1CC21)C1CCN(Cc2cncs2)C1. The summed E-state index contributed by atoms with van der Waals surface area (Å²) in [4.78, 5) is 23.7. The number of hydrogen-bond acceptors (Lipinski definition) is 4.